The van der Waals surface area contributed by atoms with Gasteiger partial charge in [-0.25, -0.2) is 0 Å². The zero-order chi connectivity index (χ0) is 25.0. The molecule has 196 valence electrons. The van der Waals surface area contributed by atoms with Gasteiger partial charge in [-0.3, -0.25) is 0 Å². The van der Waals surface area contributed by atoms with Crippen LogP contribution in [0.15, 0.2) is 96.6 Å². The van der Waals surface area contributed by atoms with Crippen LogP contribution in [-0.4, -0.2) is 8.80 Å². The first-order valence-electron chi connectivity index (χ1n) is 13.1. The van der Waals surface area contributed by atoms with Crippen LogP contribution < -0.4 is 30.0 Å². The molecule has 0 amide bonds. The zero-order valence-corrected chi connectivity index (χ0v) is 28.2. The van der Waals surface area contributed by atoms with Crippen LogP contribution in [0.5, 0.6) is 0 Å². The van der Waals surface area contributed by atoms with Gasteiger partial charge in [0.15, 0.2) is 0 Å². The Morgan fingerprint density at radius 3 is 2.15 bits per heavy atom. The van der Waals surface area contributed by atoms with Crippen molar-refractivity contribution in [2.24, 2.45) is 5.41 Å². The molecule has 5 aromatic carbocycles. The van der Waals surface area contributed by atoms with E-state index in [1.165, 1.54) is 43.8 Å². The largest absolute Gasteiger partial charge is 3.00 e. The van der Waals surface area contributed by atoms with Gasteiger partial charge in [-0.2, -0.15) is 0 Å². The summed E-state index contributed by atoms with van der Waals surface area (Å²) in [5.41, 5.74) is 8.86. The van der Waals surface area contributed by atoms with Crippen molar-refractivity contribution in [1.82, 2.24) is 0 Å². The van der Waals surface area contributed by atoms with E-state index in [9.17, 15) is 0 Å². The van der Waals surface area contributed by atoms with Crippen LogP contribution in [0.25, 0.3) is 38.7 Å². The molecule has 0 N–H and O–H groups in total. The van der Waals surface area contributed by atoms with Crippen LogP contribution >= 0.6 is 0 Å². The molecule has 0 spiro atoms. The summed E-state index contributed by atoms with van der Waals surface area (Å²) in [5, 5.41) is 7.15. The first-order chi connectivity index (χ1) is 17.3. The monoisotopic (exact) mass is 642 g/mol. The summed E-state index contributed by atoms with van der Waals surface area (Å²) < 4.78 is 0. The Kier molecular flexibility index (Phi) is 10.0. The van der Waals surface area contributed by atoms with Crippen molar-refractivity contribution < 1.29 is 51.0 Å². The van der Waals surface area contributed by atoms with Crippen LogP contribution in [0.2, 0.25) is 13.1 Å². The third-order valence-corrected chi connectivity index (χ3v) is 9.15. The molecule has 4 heteroatoms. The molecule has 5 aromatic rings. The van der Waals surface area contributed by atoms with Gasteiger partial charge in [-0.15, -0.1) is 33.7 Å². The minimum absolute atomic E-state index is 0. The predicted octanol–water partition coefficient (Wildman–Crippen LogP) is 3.31. The topological polar surface area (TPSA) is 0 Å². The standard InChI is InChI=1S/C35H34Si.2ClH.Zr/c1-35(2,3)22-25-21-30-26(23-12-7-6-8-13-23)16-11-17-29(30)33(25)34-31-20-24-14-9-10-15-27(24)28(31)18-19-32(34)36(4)5;;;/h6-21,33H,22H2,1-5H3;2*1H;/q-1;;;+3/p-2. The second-order valence-corrected chi connectivity index (χ2v) is 14.3. The summed E-state index contributed by atoms with van der Waals surface area (Å²) in [7, 11) is -0.663. The summed E-state index contributed by atoms with van der Waals surface area (Å²) >= 11 is 0. The summed E-state index contributed by atoms with van der Waals surface area (Å²) in [6.45, 7) is 12.0. The van der Waals surface area contributed by atoms with Crippen molar-refractivity contribution >= 4 is 41.6 Å². The van der Waals surface area contributed by atoms with E-state index in [1.807, 2.05) is 0 Å². The number of halogens is 2. The molecule has 0 aromatic heterocycles. The van der Waals surface area contributed by atoms with Gasteiger partial charge in [0, 0.05) is 5.92 Å². The van der Waals surface area contributed by atoms with Crippen molar-refractivity contribution in [1.29, 1.82) is 0 Å². The van der Waals surface area contributed by atoms with Gasteiger partial charge in [-0.1, -0.05) is 135 Å². The molecule has 0 fully saturated rings. The van der Waals surface area contributed by atoms with Crippen molar-refractivity contribution in [3.8, 4) is 11.1 Å². The number of rotatable bonds is 4. The maximum absolute atomic E-state index is 2.54. The Morgan fingerprint density at radius 2 is 1.46 bits per heavy atom. The second-order valence-electron chi connectivity index (χ2n) is 11.8. The van der Waals surface area contributed by atoms with Gasteiger partial charge in [0.2, 0.25) is 0 Å². The summed E-state index contributed by atoms with van der Waals surface area (Å²) in [4.78, 5) is 0. The van der Waals surface area contributed by atoms with Crippen LogP contribution in [0.3, 0.4) is 0 Å². The van der Waals surface area contributed by atoms with E-state index in [4.69, 9.17) is 0 Å². The number of allylic oxidation sites excluding steroid dienone is 1. The first-order valence-corrected chi connectivity index (χ1v) is 15.6. The number of hydrogen-bond donors (Lipinski definition) is 0. The third kappa shape index (κ3) is 5.82. The Hall–Kier alpha value is -1.83. The fourth-order valence-electron chi connectivity index (χ4n) is 6.24. The van der Waals surface area contributed by atoms with E-state index in [-0.39, 0.29) is 56.4 Å². The smallest absolute Gasteiger partial charge is 1.00 e. The van der Waals surface area contributed by atoms with Gasteiger partial charge in [0.05, 0.1) is 8.80 Å². The van der Waals surface area contributed by atoms with E-state index in [0.29, 0.717) is 5.92 Å². The maximum Gasteiger partial charge on any atom is 3.00 e. The van der Waals surface area contributed by atoms with Crippen molar-refractivity contribution in [2.75, 3.05) is 0 Å². The molecular weight excluding hydrogens is 611 g/mol. The quantitative estimate of drug-likeness (QED) is 0.208. The molecular formula is C35H34Cl2SiZr. The van der Waals surface area contributed by atoms with Gasteiger partial charge in [-0.05, 0) is 34.1 Å². The fourth-order valence-corrected chi connectivity index (χ4v) is 7.47. The van der Waals surface area contributed by atoms with Gasteiger partial charge < -0.3 is 24.8 Å². The summed E-state index contributed by atoms with van der Waals surface area (Å²) in [5.74, 6) is 0.304. The molecule has 0 aliphatic heterocycles. The Balaban J connectivity index is 0.00000140. The van der Waals surface area contributed by atoms with E-state index in [2.05, 4.69) is 131 Å². The molecule has 1 aliphatic rings. The van der Waals surface area contributed by atoms with E-state index >= 15 is 0 Å². The maximum atomic E-state index is 2.54. The van der Waals surface area contributed by atoms with E-state index in [1.54, 1.807) is 16.3 Å². The minimum Gasteiger partial charge on any atom is -1.00 e. The number of fused-ring (bicyclic) bond motifs is 4. The fraction of sp³-hybridized carbons (Fsp3) is 0.229. The van der Waals surface area contributed by atoms with Crippen molar-refractivity contribution in [2.45, 2.75) is 46.2 Å². The molecule has 0 nitrogen and oxygen atoms in total. The van der Waals surface area contributed by atoms with Gasteiger partial charge in [0.1, 0.15) is 0 Å². The van der Waals surface area contributed by atoms with Crippen molar-refractivity contribution in [3.05, 3.63) is 113 Å². The molecule has 1 aliphatic carbocycles. The Labute approximate surface area is 266 Å². The zero-order valence-electron chi connectivity index (χ0n) is 23.3. The SMILES string of the molecule is C[Si](C)c1ccc2c([cH-]c3ccccc32)c1C1C(CC(C)(C)C)=Cc2c(-c3ccccc3)cccc21.[Cl-].[Cl-].[Zr+3]. The minimum atomic E-state index is -0.663. The molecule has 0 bridgehead atoms. The first kappa shape index (κ1) is 31.7. The van der Waals surface area contributed by atoms with Gasteiger partial charge >= 0.3 is 26.2 Å². The second kappa shape index (κ2) is 12.4. The number of hydrogen-bond acceptors (Lipinski definition) is 0. The molecule has 2 radical (unpaired) electrons. The normalized spacial score (nSPS) is 14.4. The Bertz CT molecular complexity index is 1620. The van der Waals surface area contributed by atoms with Gasteiger partial charge in [0.25, 0.3) is 0 Å². The molecule has 39 heavy (non-hydrogen) atoms. The molecule has 0 saturated heterocycles. The van der Waals surface area contributed by atoms with Crippen LogP contribution in [0, 0.1) is 5.41 Å². The van der Waals surface area contributed by atoms with Crippen LogP contribution in [0.1, 0.15) is 49.8 Å². The molecule has 6 rings (SSSR count). The molecule has 1 unspecified atom stereocenters. The van der Waals surface area contributed by atoms with E-state index < -0.39 is 8.80 Å². The average molecular weight is 645 g/mol. The third-order valence-electron chi connectivity index (χ3n) is 7.64. The average Bonchev–Trinajstić information content (AvgIpc) is 3.40. The molecule has 0 saturated carbocycles. The summed E-state index contributed by atoms with van der Waals surface area (Å²) in [6, 6.07) is 34.0. The predicted molar refractivity (Wildman–Crippen MR) is 160 cm³/mol. The van der Waals surface area contributed by atoms with E-state index in [0.717, 1.165) is 6.42 Å². The number of benzene rings is 4. The molecule has 1 atom stereocenters. The summed E-state index contributed by atoms with van der Waals surface area (Å²) in [6.07, 6.45) is 3.63. The van der Waals surface area contributed by atoms with Crippen molar-refractivity contribution in [3.63, 3.8) is 0 Å². The Morgan fingerprint density at radius 1 is 0.769 bits per heavy atom. The molecule has 0 heterocycles. The van der Waals surface area contributed by atoms with Crippen LogP contribution in [-0.2, 0) is 26.2 Å². The van der Waals surface area contributed by atoms with Crippen LogP contribution in [0.4, 0.5) is 0 Å².